The third kappa shape index (κ3) is 6.33. The molecule has 3 amide bonds. The Kier molecular flexibility index (Phi) is 9.15. The molecule has 3 rings (SSSR count). The molecule has 10 nitrogen and oxygen atoms in total. The van der Waals surface area contributed by atoms with Crippen molar-refractivity contribution in [3.63, 3.8) is 0 Å². The van der Waals surface area contributed by atoms with Crippen molar-refractivity contribution in [3.05, 3.63) is 84.0 Å². The average molecular weight is 518 g/mol. The second-order valence-electron chi connectivity index (χ2n) is 8.54. The number of esters is 1. The number of allylic oxidation sites excluding steroid dienone is 1. The van der Waals surface area contributed by atoms with E-state index in [1.165, 1.54) is 15.9 Å². The molecule has 38 heavy (non-hydrogen) atoms. The van der Waals surface area contributed by atoms with E-state index in [0.29, 0.717) is 34.5 Å². The third-order valence-corrected chi connectivity index (χ3v) is 5.92. The number of hydrogen-bond acceptors (Lipinski definition) is 6. The number of hydrogen-bond donors (Lipinski definition) is 3. The summed E-state index contributed by atoms with van der Waals surface area (Å²) in [6.07, 6.45) is 3.54. The first kappa shape index (κ1) is 27.9. The van der Waals surface area contributed by atoms with Crippen LogP contribution in [0.5, 0.6) is 0 Å². The molecule has 0 atom stereocenters. The van der Waals surface area contributed by atoms with Gasteiger partial charge in [-0.25, -0.2) is 0 Å². The molecule has 1 aliphatic heterocycles. The van der Waals surface area contributed by atoms with E-state index in [2.05, 4.69) is 18.5 Å². The van der Waals surface area contributed by atoms with E-state index >= 15 is 0 Å². The Morgan fingerprint density at radius 2 is 1.92 bits per heavy atom. The number of nitrogens with one attached hydrogen (secondary N) is 2. The highest BCUT2D eigenvalue weighted by Gasteiger charge is 2.31. The molecule has 0 radical (unpaired) electrons. The first-order valence-electron chi connectivity index (χ1n) is 12.1. The number of nitrogens with zero attached hydrogens (tertiary/aromatic N) is 2. The summed E-state index contributed by atoms with van der Waals surface area (Å²) in [6, 6.07) is 9.56. The molecule has 0 fully saturated rings. The topological polar surface area (TPSA) is 146 Å². The van der Waals surface area contributed by atoms with E-state index in [-0.39, 0.29) is 50.0 Å². The Bertz CT molecular complexity index is 1300. The van der Waals surface area contributed by atoms with Gasteiger partial charge in [0.25, 0.3) is 11.8 Å². The minimum Gasteiger partial charge on any atom is -0.466 e. The van der Waals surface area contributed by atoms with Crippen LogP contribution in [-0.2, 0) is 20.7 Å². The lowest BCUT2D eigenvalue weighted by atomic mass is 10.00. The van der Waals surface area contributed by atoms with E-state index in [9.17, 15) is 19.2 Å². The van der Waals surface area contributed by atoms with Gasteiger partial charge in [0.05, 0.1) is 24.3 Å². The molecule has 0 saturated heterocycles. The quantitative estimate of drug-likeness (QED) is 0.181. The molecule has 0 aliphatic carbocycles. The van der Waals surface area contributed by atoms with Crippen LogP contribution >= 0.6 is 0 Å². The molecule has 4 N–H and O–H groups in total. The van der Waals surface area contributed by atoms with Crippen LogP contribution < -0.4 is 16.0 Å². The maximum Gasteiger partial charge on any atom is 0.307 e. The van der Waals surface area contributed by atoms with Crippen molar-refractivity contribution in [2.45, 2.75) is 19.8 Å². The number of nitrogen functional groups attached to an aromatic ring is 1. The largest absolute Gasteiger partial charge is 0.466 e. The number of amides is 3. The van der Waals surface area contributed by atoms with Crippen molar-refractivity contribution >= 4 is 40.9 Å². The van der Waals surface area contributed by atoms with Gasteiger partial charge in [0.1, 0.15) is 12.4 Å². The van der Waals surface area contributed by atoms with E-state index in [1.807, 2.05) is 0 Å². The predicted molar refractivity (Wildman–Crippen MR) is 145 cm³/mol. The fraction of sp³-hybridized carbons (Fsp3) is 0.250. The Hall–Kier alpha value is -4.73. The molecule has 10 heteroatoms. The minimum atomic E-state index is -0.465. The molecule has 0 unspecified atom stereocenters. The van der Waals surface area contributed by atoms with Crippen LogP contribution in [0, 0.1) is 5.41 Å². The number of carbonyl (C=O) groups excluding carboxylic acids is 4. The van der Waals surface area contributed by atoms with E-state index in [4.69, 9.17) is 15.9 Å². The molecule has 198 valence electrons. The van der Waals surface area contributed by atoms with Gasteiger partial charge in [0.15, 0.2) is 0 Å². The van der Waals surface area contributed by atoms with Gasteiger partial charge < -0.3 is 25.6 Å². The highest BCUT2D eigenvalue weighted by Crippen LogP contribution is 2.29. The lowest BCUT2D eigenvalue weighted by molar-refractivity contribution is -0.143. The zero-order chi connectivity index (χ0) is 27.8. The van der Waals surface area contributed by atoms with Crippen molar-refractivity contribution in [1.29, 1.82) is 5.41 Å². The molecule has 0 saturated carbocycles. The number of nitrogens with two attached hydrogens (primary N) is 1. The van der Waals surface area contributed by atoms with Crippen LogP contribution in [0.2, 0.25) is 0 Å². The van der Waals surface area contributed by atoms with Gasteiger partial charge in [-0.05, 0) is 49.2 Å². The number of rotatable bonds is 11. The first-order chi connectivity index (χ1) is 18.2. The summed E-state index contributed by atoms with van der Waals surface area (Å²) in [5, 5.41) is 10.5. The number of ether oxygens (including phenoxy) is 1. The summed E-state index contributed by atoms with van der Waals surface area (Å²) in [4.78, 5) is 54.2. The van der Waals surface area contributed by atoms with Gasteiger partial charge in [-0.15, -0.1) is 13.2 Å². The van der Waals surface area contributed by atoms with Gasteiger partial charge in [0, 0.05) is 29.9 Å². The number of benzene rings is 2. The molecule has 1 heterocycles. The molecule has 1 aliphatic rings. The highest BCUT2D eigenvalue weighted by molar-refractivity contribution is 6.12. The van der Waals surface area contributed by atoms with Crippen LogP contribution in [0.25, 0.3) is 0 Å². The summed E-state index contributed by atoms with van der Waals surface area (Å²) in [7, 11) is 0. The maximum atomic E-state index is 13.5. The van der Waals surface area contributed by atoms with Crippen LogP contribution in [0.1, 0.15) is 45.2 Å². The smallest absolute Gasteiger partial charge is 0.307 e. The maximum absolute atomic E-state index is 13.5. The molecule has 2 aromatic carbocycles. The second kappa shape index (κ2) is 12.5. The van der Waals surface area contributed by atoms with Gasteiger partial charge in [-0.3, -0.25) is 24.6 Å². The van der Waals surface area contributed by atoms with Gasteiger partial charge in [0.2, 0.25) is 5.91 Å². The third-order valence-electron chi connectivity index (χ3n) is 5.92. The zero-order valence-corrected chi connectivity index (χ0v) is 21.3. The molecule has 0 bridgehead atoms. The zero-order valence-electron chi connectivity index (χ0n) is 21.3. The van der Waals surface area contributed by atoms with Crippen LogP contribution in [0.4, 0.5) is 11.4 Å². The number of carbonyl (C=O) groups is 4. The Morgan fingerprint density at radius 1 is 1.16 bits per heavy atom. The van der Waals surface area contributed by atoms with E-state index < -0.39 is 17.8 Å². The van der Waals surface area contributed by atoms with Crippen molar-refractivity contribution in [2.75, 3.05) is 36.5 Å². The summed E-state index contributed by atoms with van der Waals surface area (Å²) >= 11 is 0. The Labute approximate surface area is 221 Å². The lowest BCUT2D eigenvalue weighted by Crippen LogP contribution is -2.40. The predicted octanol–water partition coefficient (Wildman–Crippen LogP) is 2.88. The first-order valence-corrected chi connectivity index (χ1v) is 12.1. The van der Waals surface area contributed by atoms with Crippen LogP contribution in [0.15, 0.2) is 61.7 Å². The number of anilines is 2. The van der Waals surface area contributed by atoms with Crippen molar-refractivity contribution in [3.8, 4) is 0 Å². The van der Waals surface area contributed by atoms with E-state index in [1.54, 1.807) is 49.4 Å². The molecule has 0 aromatic heterocycles. The summed E-state index contributed by atoms with van der Waals surface area (Å²) < 4.78 is 4.95. The fourth-order valence-corrected chi connectivity index (χ4v) is 4.12. The van der Waals surface area contributed by atoms with Crippen molar-refractivity contribution in [2.24, 2.45) is 5.73 Å². The lowest BCUT2D eigenvalue weighted by Gasteiger charge is -2.21. The SMILES string of the molecule is C=CCc1cc(C(=N)N)ccc1C(=O)Nc1ccc2c(c1)C(=O)N(CCC(=O)OCC)CC(=O)N2CC=C. The molecular weight excluding hydrogens is 486 g/mol. The van der Waals surface area contributed by atoms with Crippen LogP contribution in [0.3, 0.4) is 0 Å². The van der Waals surface area contributed by atoms with E-state index in [0.717, 1.165) is 0 Å². The summed E-state index contributed by atoms with van der Waals surface area (Å²) in [5.41, 5.74) is 8.03. The van der Waals surface area contributed by atoms with Crippen molar-refractivity contribution in [1.82, 2.24) is 4.90 Å². The summed E-state index contributed by atoms with van der Waals surface area (Å²) in [6.45, 7) is 9.32. The average Bonchev–Trinajstić information content (AvgIpc) is 2.98. The monoisotopic (exact) mass is 517 g/mol. The van der Waals surface area contributed by atoms with Gasteiger partial charge in [-0.2, -0.15) is 0 Å². The number of amidine groups is 1. The van der Waals surface area contributed by atoms with Crippen molar-refractivity contribution < 1.29 is 23.9 Å². The van der Waals surface area contributed by atoms with Gasteiger partial charge >= 0.3 is 5.97 Å². The Balaban J connectivity index is 1.94. The number of fused-ring (bicyclic) bond motifs is 1. The standard InChI is InChI=1S/C28H31N5O5/c1-4-7-18-15-19(26(29)30)8-10-21(18)27(36)31-20-9-11-23-22(16-20)28(37)32(14-12-25(35)38-6-3)17-24(34)33(23)13-5-2/h4-5,8-11,15-16H,1-2,6-7,12-14,17H2,3H3,(H3,29,30)(H,31,36). The second-order valence-corrected chi connectivity index (χ2v) is 8.54. The molecular formula is C28H31N5O5. The molecule has 2 aromatic rings. The van der Waals surface area contributed by atoms with Gasteiger partial charge in [-0.1, -0.05) is 18.2 Å². The normalized spacial score (nSPS) is 12.9. The summed E-state index contributed by atoms with van der Waals surface area (Å²) in [5.74, 6) is -1.77. The van der Waals surface area contributed by atoms with Crippen LogP contribution in [-0.4, -0.2) is 60.7 Å². The highest BCUT2D eigenvalue weighted by atomic mass is 16.5. The minimum absolute atomic E-state index is 0.00870. The molecule has 0 spiro atoms. The fourth-order valence-electron chi connectivity index (χ4n) is 4.12. The Morgan fingerprint density at radius 3 is 2.58 bits per heavy atom.